The van der Waals surface area contributed by atoms with Gasteiger partial charge in [-0.1, -0.05) is 5.16 Å². The number of rotatable bonds is 5. The van der Waals surface area contributed by atoms with Gasteiger partial charge >= 0.3 is 5.97 Å². The van der Waals surface area contributed by atoms with E-state index >= 15 is 0 Å². The first-order valence-corrected chi connectivity index (χ1v) is 5.98. The van der Waals surface area contributed by atoms with E-state index in [0.29, 0.717) is 24.1 Å². The van der Waals surface area contributed by atoms with Crippen molar-refractivity contribution in [2.24, 2.45) is 5.92 Å². The number of carboxylic acid groups (broad SMARTS) is 1. The Hall–Kier alpha value is -1.43. The van der Waals surface area contributed by atoms with Gasteiger partial charge in [-0.2, -0.15) is 4.98 Å². The quantitative estimate of drug-likeness (QED) is 0.783. The number of aliphatic carboxylic acids is 1. The third-order valence-corrected chi connectivity index (χ3v) is 2.93. The molecule has 1 aliphatic heterocycles. The molecule has 6 nitrogen and oxygen atoms in total. The molecule has 1 aliphatic rings. The predicted molar refractivity (Wildman–Crippen MR) is 59.6 cm³/mol. The summed E-state index contributed by atoms with van der Waals surface area (Å²) < 4.78 is 5.01. The first kappa shape index (κ1) is 12.0. The Labute approximate surface area is 99.4 Å². The van der Waals surface area contributed by atoms with Crippen LogP contribution >= 0.6 is 0 Å². The highest BCUT2D eigenvalue weighted by molar-refractivity contribution is 5.66. The van der Waals surface area contributed by atoms with E-state index in [-0.39, 0.29) is 6.42 Å². The Morgan fingerprint density at radius 3 is 3.18 bits per heavy atom. The first-order chi connectivity index (χ1) is 8.24. The number of aromatic nitrogens is 2. The molecule has 0 aromatic carbocycles. The van der Waals surface area contributed by atoms with E-state index in [1.54, 1.807) is 0 Å². The number of carboxylic acids is 1. The molecule has 2 N–H and O–H groups in total. The van der Waals surface area contributed by atoms with Crippen molar-refractivity contribution < 1.29 is 14.4 Å². The van der Waals surface area contributed by atoms with Crippen molar-refractivity contribution in [3.8, 4) is 0 Å². The smallest absolute Gasteiger partial charge is 0.303 e. The zero-order valence-electron chi connectivity index (χ0n) is 9.69. The molecule has 1 aromatic heterocycles. The number of hydrogen-bond acceptors (Lipinski definition) is 5. The molecule has 2 rings (SSSR count). The molecule has 1 aromatic rings. The molecule has 1 atom stereocenters. The van der Waals surface area contributed by atoms with Crippen LogP contribution in [-0.2, 0) is 17.6 Å². The number of aryl methyl sites for hydroxylation is 1. The van der Waals surface area contributed by atoms with Crippen LogP contribution in [0.3, 0.4) is 0 Å². The van der Waals surface area contributed by atoms with Crippen LogP contribution < -0.4 is 5.32 Å². The standard InChI is InChI=1S/C11H17N3O3/c15-11(16)4-3-10-13-9(14-17-10)6-8-2-1-5-12-7-8/h8,12H,1-7H2,(H,15,16). The van der Waals surface area contributed by atoms with Gasteiger partial charge in [0.2, 0.25) is 5.89 Å². The summed E-state index contributed by atoms with van der Waals surface area (Å²) in [6.45, 7) is 2.09. The number of piperidine rings is 1. The number of carbonyl (C=O) groups is 1. The van der Waals surface area contributed by atoms with Crippen molar-refractivity contribution in [1.29, 1.82) is 0 Å². The van der Waals surface area contributed by atoms with E-state index < -0.39 is 5.97 Å². The Morgan fingerprint density at radius 2 is 2.47 bits per heavy atom. The second kappa shape index (κ2) is 5.77. The average molecular weight is 239 g/mol. The van der Waals surface area contributed by atoms with E-state index in [1.165, 1.54) is 12.8 Å². The lowest BCUT2D eigenvalue weighted by atomic mass is 9.96. The van der Waals surface area contributed by atoms with E-state index in [0.717, 1.165) is 19.5 Å². The lowest BCUT2D eigenvalue weighted by molar-refractivity contribution is -0.137. The van der Waals surface area contributed by atoms with Crippen LogP contribution in [0.2, 0.25) is 0 Å². The highest BCUT2D eigenvalue weighted by Gasteiger charge is 2.17. The summed E-state index contributed by atoms with van der Waals surface area (Å²) >= 11 is 0. The van der Waals surface area contributed by atoms with E-state index in [9.17, 15) is 4.79 Å². The minimum Gasteiger partial charge on any atom is -0.481 e. The molecule has 17 heavy (non-hydrogen) atoms. The largest absolute Gasteiger partial charge is 0.481 e. The van der Waals surface area contributed by atoms with Crippen molar-refractivity contribution >= 4 is 5.97 Å². The minimum atomic E-state index is -0.846. The van der Waals surface area contributed by atoms with Crippen molar-refractivity contribution in [2.75, 3.05) is 13.1 Å². The molecule has 1 saturated heterocycles. The van der Waals surface area contributed by atoms with E-state index in [4.69, 9.17) is 9.63 Å². The summed E-state index contributed by atoms with van der Waals surface area (Å²) in [4.78, 5) is 14.6. The fraction of sp³-hybridized carbons (Fsp3) is 0.727. The maximum Gasteiger partial charge on any atom is 0.303 e. The highest BCUT2D eigenvalue weighted by Crippen LogP contribution is 2.14. The molecule has 0 saturated carbocycles. The van der Waals surface area contributed by atoms with Gasteiger partial charge in [-0.3, -0.25) is 4.79 Å². The fourth-order valence-electron chi connectivity index (χ4n) is 2.04. The van der Waals surface area contributed by atoms with Gasteiger partial charge in [0.1, 0.15) is 0 Å². The van der Waals surface area contributed by atoms with Gasteiger partial charge in [-0.05, 0) is 31.8 Å². The molecule has 94 valence electrons. The molecule has 0 aliphatic carbocycles. The van der Waals surface area contributed by atoms with Crippen LogP contribution in [0, 0.1) is 5.92 Å². The van der Waals surface area contributed by atoms with Crippen LogP contribution in [0.5, 0.6) is 0 Å². The van der Waals surface area contributed by atoms with Crippen LogP contribution in [0.15, 0.2) is 4.52 Å². The lowest BCUT2D eigenvalue weighted by Gasteiger charge is -2.20. The third kappa shape index (κ3) is 3.81. The van der Waals surface area contributed by atoms with Gasteiger partial charge in [0, 0.05) is 12.8 Å². The zero-order valence-corrected chi connectivity index (χ0v) is 9.69. The summed E-state index contributed by atoms with van der Waals surface area (Å²) in [7, 11) is 0. The van der Waals surface area contributed by atoms with E-state index in [2.05, 4.69) is 15.5 Å². The molecule has 2 heterocycles. The van der Waals surface area contributed by atoms with Crippen LogP contribution in [0.25, 0.3) is 0 Å². The number of nitrogens with zero attached hydrogens (tertiary/aromatic N) is 2. The maximum atomic E-state index is 10.4. The van der Waals surface area contributed by atoms with Gasteiger partial charge in [-0.15, -0.1) is 0 Å². The van der Waals surface area contributed by atoms with Crippen LogP contribution in [0.4, 0.5) is 0 Å². The predicted octanol–water partition coefficient (Wildman–Crippen LogP) is 0.629. The average Bonchev–Trinajstić information content (AvgIpc) is 2.75. The minimum absolute atomic E-state index is 0.0343. The fourth-order valence-corrected chi connectivity index (χ4v) is 2.04. The third-order valence-electron chi connectivity index (χ3n) is 2.93. The molecule has 0 amide bonds. The van der Waals surface area contributed by atoms with Crippen molar-refractivity contribution in [2.45, 2.75) is 32.1 Å². The Kier molecular flexibility index (Phi) is 4.08. The summed E-state index contributed by atoms with van der Waals surface area (Å²) in [5, 5.41) is 15.8. The Balaban J connectivity index is 1.82. The SMILES string of the molecule is O=C(O)CCc1nc(CC2CCCNC2)no1. The molecular formula is C11H17N3O3. The zero-order chi connectivity index (χ0) is 12.1. The molecular weight excluding hydrogens is 222 g/mol. The molecule has 0 bridgehead atoms. The lowest BCUT2D eigenvalue weighted by Crippen LogP contribution is -2.31. The van der Waals surface area contributed by atoms with Gasteiger partial charge in [-0.25, -0.2) is 0 Å². The summed E-state index contributed by atoms with van der Waals surface area (Å²) in [6.07, 6.45) is 3.53. The Bertz CT molecular complexity index is 372. The summed E-state index contributed by atoms with van der Waals surface area (Å²) in [5.41, 5.74) is 0. The molecule has 0 spiro atoms. The molecule has 0 radical (unpaired) electrons. The van der Waals surface area contributed by atoms with Crippen molar-refractivity contribution in [3.63, 3.8) is 0 Å². The monoisotopic (exact) mass is 239 g/mol. The van der Waals surface area contributed by atoms with Crippen molar-refractivity contribution in [3.05, 3.63) is 11.7 Å². The maximum absolute atomic E-state index is 10.4. The van der Waals surface area contributed by atoms with Crippen LogP contribution in [0.1, 0.15) is 31.0 Å². The summed E-state index contributed by atoms with van der Waals surface area (Å²) in [6, 6.07) is 0. The first-order valence-electron chi connectivity index (χ1n) is 5.98. The number of nitrogens with one attached hydrogen (secondary N) is 1. The van der Waals surface area contributed by atoms with Gasteiger partial charge in [0.05, 0.1) is 6.42 Å². The highest BCUT2D eigenvalue weighted by atomic mass is 16.5. The molecule has 6 heteroatoms. The van der Waals surface area contributed by atoms with Crippen molar-refractivity contribution in [1.82, 2.24) is 15.5 Å². The second-order valence-corrected chi connectivity index (χ2v) is 4.41. The normalized spacial score (nSPS) is 20.4. The summed E-state index contributed by atoms with van der Waals surface area (Å²) in [5.74, 6) is 0.833. The van der Waals surface area contributed by atoms with E-state index in [1.807, 2.05) is 0 Å². The molecule has 1 fully saturated rings. The topological polar surface area (TPSA) is 88.2 Å². The Morgan fingerprint density at radius 1 is 1.59 bits per heavy atom. The van der Waals surface area contributed by atoms with Gasteiger partial charge in [0.15, 0.2) is 5.82 Å². The van der Waals surface area contributed by atoms with Gasteiger partial charge in [0.25, 0.3) is 0 Å². The number of hydrogen-bond donors (Lipinski definition) is 2. The van der Waals surface area contributed by atoms with Gasteiger partial charge < -0.3 is 14.9 Å². The van der Waals surface area contributed by atoms with Crippen LogP contribution in [-0.4, -0.2) is 34.3 Å². The second-order valence-electron chi connectivity index (χ2n) is 4.41. The molecule has 1 unspecified atom stereocenters.